The van der Waals surface area contributed by atoms with Gasteiger partial charge in [-0.1, -0.05) is 12.1 Å². The Morgan fingerprint density at radius 1 is 0.750 bits per heavy atom. The van der Waals surface area contributed by atoms with E-state index in [0.29, 0.717) is 39.6 Å². The largest absolute Gasteiger partial charge is 0.507 e. The van der Waals surface area contributed by atoms with Gasteiger partial charge < -0.3 is 33.5 Å². The Kier molecular flexibility index (Phi) is 11.2. The van der Waals surface area contributed by atoms with E-state index in [0.717, 1.165) is 17.1 Å². The highest BCUT2D eigenvalue weighted by Gasteiger charge is 2.18. The van der Waals surface area contributed by atoms with Gasteiger partial charge >= 0.3 is 5.97 Å². The maximum absolute atomic E-state index is 12.0. The Hall–Kier alpha value is -2.97. The first-order chi connectivity index (χ1) is 15.6. The summed E-state index contributed by atoms with van der Waals surface area (Å²) in [5.74, 6) is 1.04. The summed E-state index contributed by atoms with van der Waals surface area (Å²) in [5, 5.41) is 9.91. The number of hydrogen-bond donors (Lipinski definition) is 1. The van der Waals surface area contributed by atoms with E-state index in [2.05, 4.69) is 0 Å². The van der Waals surface area contributed by atoms with Crippen LogP contribution >= 0.6 is 0 Å². The van der Waals surface area contributed by atoms with Crippen LogP contribution in [-0.2, 0) is 14.2 Å². The molecule has 0 atom stereocenters. The SMILES string of the molecule is CCOC(=O)c1c(O)cccc1OCCOCCOCCOc1cccc(OCC)c1C. The van der Waals surface area contributed by atoms with Crippen molar-refractivity contribution in [3.8, 4) is 23.0 Å². The Morgan fingerprint density at radius 3 is 1.91 bits per heavy atom. The van der Waals surface area contributed by atoms with Gasteiger partial charge in [0.1, 0.15) is 41.8 Å². The molecule has 0 aliphatic heterocycles. The number of esters is 1. The van der Waals surface area contributed by atoms with Crippen LogP contribution in [0, 0.1) is 6.92 Å². The van der Waals surface area contributed by atoms with E-state index < -0.39 is 5.97 Å². The van der Waals surface area contributed by atoms with Gasteiger partial charge in [-0.15, -0.1) is 0 Å². The Balaban J connectivity index is 1.59. The fraction of sp³-hybridized carbons (Fsp3) is 0.458. The molecule has 0 bridgehead atoms. The molecule has 0 unspecified atom stereocenters. The summed E-state index contributed by atoms with van der Waals surface area (Å²) in [4.78, 5) is 12.0. The molecule has 0 aliphatic carbocycles. The molecule has 0 fully saturated rings. The molecule has 2 aromatic carbocycles. The van der Waals surface area contributed by atoms with E-state index in [4.69, 9.17) is 28.4 Å². The van der Waals surface area contributed by atoms with Crippen molar-refractivity contribution in [2.45, 2.75) is 20.8 Å². The smallest absolute Gasteiger partial charge is 0.345 e. The third-order valence-corrected chi connectivity index (χ3v) is 4.36. The van der Waals surface area contributed by atoms with Crippen molar-refractivity contribution in [3.05, 3.63) is 47.5 Å². The summed E-state index contributed by atoms with van der Waals surface area (Å²) in [6.07, 6.45) is 0. The predicted molar refractivity (Wildman–Crippen MR) is 119 cm³/mol. The second kappa shape index (κ2) is 14.2. The lowest BCUT2D eigenvalue weighted by molar-refractivity contribution is 0.0269. The van der Waals surface area contributed by atoms with Crippen LogP contribution in [0.4, 0.5) is 0 Å². The summed E-state index contributed by atoms with van der Waals surface area (Å²) in [6.45, 7) is 8.62. The first-order valence-corrected chi connectivity index (χ1v) is 10.7. The molecule has 0 aromatic heterocycles. The molecule has 0 spiro atoms. The molecule has 0 radical (unpaired) electrons. The Labute approximate surface area is 189 Å². The molecule has 1 N–H and O–H groups in total. The van der Waals surface area contributed by atoms with Crippen molar-refractivity contribution in [1.29, 1.82) is 0 Å². The van der Waals surface area contributed by atoms with Crippen LogP contribution in [0.15, 0.2) is 36.4 Å². The lowest BCUT2D eigenvalue weighted by Crippen LogP contribution is -2.14. The number of ether oxygens (including phenoxy) is 6. The van der Waals surface area contributed by atoms with E-state index in [1.54, 1.807) is 19.1 Å². The number of aromatic hydroxyl groups is 1. The van der Waals surface area contributed by atoms with Crippen LogP contribution < -0.4 is 14.2 Å². The Morgan fingerprint density at radius 2 is 1.28 bits per heavy atom. The number of hydrogen-bond acceptors (Lipinski definition) is 8. The fourth-order valence-corrected chi connectivity index (χ4v) is 2.85. The molecule has 8 heteroatoms. The monoisotopic (exact) mass is 448 g/mol. The number of carbonyl (C=O) groups excluding carboxylic acids is 1. The van der Waals surface area contributed by atoms with Crippen LogP contribution in [0.3, 0.4) is 0 Å². The highest BCUT2D eigenvalue weighted by atomic mass is 16.6. The first-order valence-electron chi connectivity index (χ1n) is 10.7. The van der Waals surface area contributed by atoms with Gasteiger partial charge in [0.25, 0.3) is 0 Å². The second-order valence-electron chi connectivity index (χ2n) is 6.60. The maximum Gasteiger partial charge on any atom is 0.345 e. The van der Waals surface area contributed by atoms with Gasteiger partial charge in [0.15, 0.2) is 0 Å². The molecule has 32 heavy (non-hydrogen) atoms. The van der Waals surface area contributed by atoms with E-state index in [1.807, 2.05) is 32.0 Å². The summed E-state index contributed by atoms with van der Waals surface area (Å²) in [7, 11) is 0. The van der Waals surface area contributed by atoms with Gasteiger partial charge in [-0.25, -0.2) is 4.79 Å². The zero-order chi connectivity index (χ0) is 23.2. The van der Waals surface area contributed by atoms with Crippen molar-refractivity contribution in [2.24, 2.45) is 0 Å². The van der Waals surface area contributed by atoms with Crippen molar-refractivity contribution >= 4 is 5.97 Å². The fourth-order valence-electron chi connectivity index (χ4n) is 2.85. The number of phenols is 1. The normalized spacial score (nSPS) is 10.6. The van der Waals surface area contributed by atoms with E-state index in [-0.39, 0.29) is 30.3 Å². The minimum Gasteiger partial charge on any atom is -0.507 e. The van der Waals surface area contributed by atoms with Gasteiger partial charge in [0.05, 0.1) is 39.6 Å². The summed E-state index contributed by atoms with van der Waals surface area (Å²) in [6, 6.07) is 10.3. The number of carbonyl (C=O) groups is 1. The first kappa shape index (κ1) is 25.3. The average molecular weight is 449 g/mol. The van der Waals surface area contributed by atoms with Gasteiger partial charge in [-0.2, -0.15) is 0 Å². The zero-order valence-corrected chi connectivity index (χ0v) is 18.9. The molecular weight excluding hydrogens is 416 g/mol. The molecule has 176 valence electrons. The molecule has 8 nitrogen and oxygen atoms in total. The Bertz CT molecular complexity index is 837. The molecule has 2 rings (SSSR count). The second-order valence-corrected chi connectivity index (χ2v) is 6.60. The van der Waals surface area contributed by atoms with Crippen molar-refractivity contribution in [2.75, 3.05) is 52.9 Å². The molecule has 0 saturated heterocycles. The topological polar surface area (TPSA) is 92.7 Å². The minimum atomic E-state index is -0.628. The standard InChI is InChI=1S/C24H32O8/c1-4-29-20-9-7-10-21(18(20)3)31-16-14-27-12-13-28-15-17-32-22-11-6-8-19(25)23(22)24(26)30-5-2/h6-11,25H,4-5,12-17H2,1-3H3. The highest BCUT2D eigenvalue weighted by Crippen LogP contribution is 2.28. The van der Waals surface area contributed by atoms with Crippen LogP contribution in [-0.4, -0.2) is 63.9 Å². The third kappa shape index (κ3) is 7.94. The minimum absolute atomic E-state index is 0.0136. The molecule has 0 aliphatic rings. The van der Waals surface area contributed by atoms with Gasteiger partial charge in [0.2, 0.25) is 0 Å². The highest BCUT2D eigenvalue weighted by molar-refractivity contribution is 5.95. The summed E-state index contributed by atoms with van der Waals surface area (Å²) < 4.78 is 32.8. The summed E-state index contributed by atoms with van der Waals surface area (Å²) >= 11 is 0. The van der Waals surface area contributed by atoms with E-state index in [1.165, 1.54) is 6.07 Å². The molecule has 0 saturated carbocycles. The number of benzene rings is 2. The van der Waals surface area contributed by atoms with Gasteiger partial charge in [-0.3, -0.25) is 0 Å². The maximum atomic E-state index is 12.0. The van der Waals surface area contributed by atoms with Crippen LogP contribution in [0.25, 0.3) is 0 Å². The third-order valence-electron chi connectivity index (χ3n) is 4.36. The van der Waals surface area contributed by atoms with Crippen molar-refractivity contribution < 1.29 is 38.3 Å². The number of rotatable bonds is 15. The van der Waals surface area contributed by atoms with Crippen molar-refractivity contribution in [1.82, 2.24) is 0 Å². The average Bonchev–Trinajstić information content (AvgIpc) is 2.77. The molecule has 0 heterocycles. The van der Waals surface area contributed by atoms with Gasteiger partial charge in [-0.05, 0) is 45.0 Å². The quantitative estimate of drug-likeness (QED) is 0.325. The lowest BCUT2D eigenvalue weighted by Gasteiger charge is -2.13. The molecule has 2 aromatic rings. The van der Waals surface area contributed by atoms with Gasteiger partial charge in [0, 0.05) is 5.56 Å². The van der Waals surface area contributed by atoms with Crippen LogP contribution in [0.5, 0.6) is 23.0 Å². The van der Waals surface area contributed by atoms with Crippen LogP contribution in [0.1, 0.15) is 29.8 Å². The lowest BCUT2D eigenvalue weighted by atomic mass is 10.2. The van der Waals surface area contributed by atoms with E-state index >= 15 is 0 Å². The molecule has 0 amide bonds. The van der Waals surface area contributed by atoms with E-state index in [9.17, 15) is 9.90 Å². The summed E-state index contributed by atoms with van der Waals surface area (Å²) in [5.41, 5.74) is 0.982. The predicted octanol–water partition coefficient (Wildman–Crippen LogP) is 3.77. The van der Waals surface area contributed by atoms with Crippen molar-refractivity contribution in [3.63, 3.8) is 0 Å². The zero-order valence-electron chi connectivity index (χ0n) is 18.9. The number of phenolic OH excluding ortho intramolecular Hbond substituents is 1. The van der Waals surface area contributed by atoms with Crippen LogP contribution in [0.2, 0.25) is 0 Å². The molecular formula is C24H32O8.